The summed E-state index contributed by atoms with van der Waals surface area (Å²) in [6.07, 6.45) is 1.82. The molecule has 1 atom stereocenters. The molecule has 0 bridgehead atoms. The molecule has 0 fully saturated rings. The van der Waals surface area contributed by atoms with Crippen molar-refractivity contribution in [2.75, 3.05) is 5.75 Å². The van der Waals surface area contributed by atoms with E-state index in [0.29, 0.717) is 12.2 Å². The third-order valence-electron chi connectivity index (χ3n) is 2.27. The van der Waals surface area contributed by atoms with Gasteiger partial charge in [-0.05, 0) is 36.4 Å². The fraction of sp³-hybridized carbons (Fsp3) is 0.231. The summed E-state index contributed by atoms with van der Waals surface area (Å²) in [5.41, 5.74) is 0. The minimum Gasteiger partial charge on any atom is -0.469 e. The Kier molecular flexibility index (Phi) is 4.71. The van der Waals surface area contributed by atoms with Gasteiger partial charge in [-0.15, -0.1) is 11.8 Å². The lowest BCUT2D eigenvalue weighted by molar-refractivity contribution is 0.192. The summed E-state index contributed by atoms with van der Waals surface area (Å²) in [6.45, 7) is 0. The average molecular weight is 313 g/mol. The van der Waals surface area contributed by atoms with Crippen LogP contribution in [0.25, 0.3) is 0 Å². The van der Waals surface area contributed by atoms with E-state index in [4.69, 9.17) is 4.42 Å². The number of rotatable bonds is 5. The molecule has 0 saturated carbocycles. The van der Waals surface area contributed by atoms with Crippen molar-refractivity contribution in [3.63, 3.8) is 0 Å². The predicted molar refractivity (Wildman–Crippen MR) is 73.3 cm³/mol. The van der Waals surface area contributed by atoms with Crippen molar-refractivity contribution in [3.05, 3.63) is 52.9 Å². The second kappa shape index (κ2) is 6.28. The molecule has 2 nitrogen and oxygen atoms in total. The monoisotopic (exact) mass is 312 g/mol. The number of aliphatic hydroxyl groups excluding tert-OH is 1. The summed E-state index contributed by atoms with van der Waals surface area (Å²) in [5.74, 6) is 1.50. The summed E-state index contributed by atoms with van der Waals surface area (Å²) in [5, 5.41) is 9.85. The van der Waals surface area contributed by atoms with Crippen molar-refractivity contribution in [2.45, 2.75) is 17.4 Å². The molecule has 2 rings (SSSR count). The Morgan fingerprint density at radius 3 is 2.65 bits per heavy atom. The summed E-state index contributed by atoms with van der Waals surface area (Å²) in [6, 6.07) is 11.8. The summed E-state index contributed by atoms with van der Waals surface area (Å²) < 4.78 is 6.26. The average Bonchev–Trinajstić information content (AvgIpc) is 2.81. The van der Waals surface area contributed by atoms with Crippen LogP contribution in [0.4, 0.5) is 0 Å². The lowest BCUT2D eigenvalue weighted by atomic mass is 10.2. The summed E-state index contributed by atoms with van der Waals surface area (Å²) >= 11 is 5.04. The van der Waals surface area contributed by atoms with E-state index in [9.17, 15) is 5.11 Å². The highest BCUT2D eigenvalue weighted by atomic mass is 79.9. The smallest absolute Gasteiger partial charge is 0.106 e. The standard InChI is InChI=1S/C13H13BrO2S/c14-10-3-5-13(6-4-10)17-9-11(15)8-12-2-1-7-16-12/h1-7,11,15H,8-9H2. The second-order valence-electron chi connectivity index (χ2n) is 3.70. The summed E-state index contributed by atoms with van der Waals surface area (Å²) in [7, 11) is 0. The third kappa shape index (κ3) is 4.22. The molecule has 1 aromatic carbocycles. The quantitative estimate of drug-likeness (QED) is 0.854. The van der Waals surface area contributed by atoms with E-state index >= 15 is 0 Å². The first-order chi connectivity index (χ1) is 8.24. The van der Waals surface area contributed by atoms with Crippen LogP contribution in [-0.4, -0.2) is 17.0 Å². The molecule has 1 heterocycles. The van der Waals surface area contributed by atoms with Gasteiger partial charge in [0.2, 0.25) is 0 Å². The zero-order valence-electron chi connectivity index (χ0n) is 9.17. The zero-order valence-corrected chi connectivity index (χ0v) is 11.6. The molecule has 0 spiro atoms. The van der Waals surface area contributed by atoms with Crippen LogP contribution in [-0.2, 0) is 6.42 Å². The molecule has 0 aliphatic carbocycles. The van der Waals surface area contributed by atoms with Crippen LogP contribution in [0.5, 0.6) is 0 Å². The Balaban J connectivity index is 1.79. The second-order valence-corrected chi connectivity index (χ2v) is 5.71. The number of hydrogen-bond acceptors (Lipinski definition) is 3. The maximum absolute atomic E-state index is 9.85. The number of benzene rings is 1. The van der Waals surface area contributed by atoms with Gasteiger partial charge in [0.25, 0.3) is 0 Å². The van der Waals surface area contributed by atoms with Crippen molar-refractivity contribution in [1.29, 1.82) is 0 Å². The molecule has 0 radical (unpaired) electrons. The lowest BCUT2D eigenvalue weighted by Crippen LogP contribution is -2.12. The van der Waals surface area contributed by atoms with Crippen LogP contribution < -0.4 is 0 Å². The Morgan fingerprint density at radius 1 is 1.24 bits per heavy atom. The fourth-order valence-electron chi connectivity index (χ4n) is 1.44. The normalized spacial score (nSPS) is 12.6. The Hall–Kier alpha value is -0.710. The largest absolute Gasteiger partial charge is 0.469 e. The molecule has 2 aromatic rings. The highest BCUT2D eigenvalue weighted by molar-refractivity contribution is 9.10. The lowest BCUT2D eigenvalue weighted by Gasteiger charge is -2.08. The molecular formula is C13H13BrO2S. The highest BCUT2D eigenvalue weighted by Crippen LogP contribution is 2.22. The van der Waals surface area contributed by atoms with E-state index in [1.54, 1.807) is 18.0 Å². The van der Waals surface area contributed by atoms with Gasteiger partial charge in [-0.25, -0.2) is 0 Å². The molecule has 0 aliphatic heterocycles. The van der Waals surface area contributed by atoms with Crippen molar-refractivity contribution in [3.8, 4) is 0 Å². The van der Waals surface area contributed by atoms with E-state index in [-0.39, 0.29) is 6.10 Å². The Bertz CT molecular complexity index is 439. The van der Waals surface area contributed by atoms with Gasteiger partial charge in [-0.2, -0.15) is 0 Å². The van der Waals surface area contributed by atoms with Crippen LogP contribution in [0.2, 0.25) is 0 Å². The molecule has 4 heteroatoms. The van der Waals surface area contributed by atoms with Crippen molar-refractivity contribution >= 4 is 27.7 Å². The van der Waals surface area contributed by atoms with Crippen molar-refractivity contribution < 1.29 is 9.52 Å². The van der Waals surface area contributed by atoms with Crippen LogP contribution in [0.3, 0.4) is 0 Å². The van der Waals surface area contributed by atoms with E-state index in [1.807, 2.05) is 36.4 Å². The molecule has 1 N–H and O–H groups in total. The van der Waals surface area contributed by atoms with Gasteiger partial charge in [0.15, 0.2) is 0 Å². The number of thioether (sulfide) groups is 1. The number of aliphatic hydroxyl groups is 1. The van der Waals surface area contributed by atoms with E-state index < -0.39 is 0 Å². The van der Waals surface area contributed by atoms with Gasteiger partial charge in [-0.1, -0.05) is 15.9 Å². The Morgan fingerprint density at radius 2 is 2.00 bits per heavy atom. The van der Waals surface area contributed by atoms with E-state index in [2.05, 4.69) is 15.9 Å². The van der Waals surface area contributed by atoms with Gasteiger partial charge in [0, 0.05) is 21.5 Å². The molecule has 17 heavy (non-hydrogen) atoms. The van der Waals surface area contributed by atoms with Crippen LogP contribution in [0.1, 0.15) is 5.76 Å². The maximum Gasteiger partial charge on any atom is 0.106 e. The molecule has 1 unspecified atom stereocenters. The predicted octanol–water partition coefficient (Wildman–Crippen LogP) is 3.74. The van der Waals surface area contributed by atoms with E-state index in [1.165, 1.54) is 0 Å². The molecule has 0 saturated heterocycles. The minimum atomic E-state index is -0.380. The van der Waals surface area contributed by atoms with Crippen LogP contribution >= 0.6 is 27.7 Å². The van der Waals surface area contributed by atoms with Gasteiger partial charge >= 0.3 is 0 Å². The van der Waals surface area contributed by atoms with Crippen molar-refractivity contribution in [1.82, 2.24) is 0 Å². The van der Waals surface area contributed by atoms with Gasteiger partial charge in [0.1, 0.15) is 5.76 Å². The Labute approximate surface area is 113 Å². The van der Waals surface area contributed by atoms with E-state index in [0.717, 1.165) is 15.1 Å². The molecule has 90 valence electrons. The van der Waals surface area contributed by atoms with Gasteiger partial charge < -0.3 is 9.52 Å². The minimum absolute atomic E-state index is 0.380. The molecular weight excluding hydrogens is 300 g/mol. The molecule has 0 aliphatic rings. The number of hydrogen-bond donors (Lipinski definition) is 1. The van der Waals surface area contributed by atoms with Gasteiger partial charge in [-0.3, -0.25) is 0 Å². The van der Waals surface area contributed by atoms with Crippen molar-refractivity contribution in [2.24, 2.45) is 0 Å². The third-order valence-corrected chi connectivity index (χ3v) is 3.96. The summed E-state index contributed by atoms with van der Waals surface area (Å²) in [4.78, 5) is 1.16. The maximum atomic E-state index is 9.85. The highest BCUT2D eigenvalue weighted by Gasteiger charge is 2.08. The first-order valence-corrected chi connectivity index (χ1v) is 7.11. The van der Waals surface area contributed by atoms with Crippen LogP contribution in [0, 0.1) is 0 Å². The zero-order chi connectivity index (χ0) is 12.1. The van der Waals surface area contributed by atoms with Crippen LogP contribution in [0.15, 0.2) is 56.4 Å². The number of halogens is 1. The SMILES string of the molecule is OC(CSc1ccc(Br)cc1)Cc1ccco1. The first kappa shape index (κ1) is 12.7. The van der Waals surface area contributed by atoms with Gasteiger partial charge in [0.05, 0.1) is 12.4 Å². The topological polar surface area (TPSA) is 33.4 Å². The molecule has 1 aromatic heterocycles. The fourth-order valence-corrected chi connectivity index (χ4v) is 2.54. The number of furan rings is 1. The first-order valence-electron chi connectivity index (χ1n) is 5.33. The molecule has 0 amide bonds.